The van der Waals surface area contributed by atoms with Crippen molar-refractivity contribution in [1.29, 1.82) is 0 Å². The highest BCUT2D eigenvalue weighted by Crippen LogP contribution is 2.16. The minimum atomic E-state index is -0.272. The number of amides is 1. The maximum atomic E-state index is 12.9. The van der Waals surface area contributed by atoms with Crippen molar-refractivity contribution in [3.05, 3.63) is 64.6 Å². The van der Waals surface area contributed by atoms with Crippen molar-refractivity contribution in [2.75, 3.05) is 32.8 Å². The molecule has 1 heterocycles. The van der Waals surface area contributed by atoms with E-state index in [2.05, 4.69) is 24.1 Å². The molecule has 0 fully saturated rings. The zero-order valence-electron chi connectivity index (χ0n) is 17.6. The summed E-state index contributed by atoms with van der Waals surface area (Å²) in [6.07, 6.45) is 4.18. The van der Waals surface area contributed by atoms with Crippen LogP contribution >= 0.6 is 0 Å². The third-order valence-electron chi connectivity index (χ3n) is 4.64. The molecule has 156 valence electrons. The molecule has 2 rings (SSSR count). The third kappa shape index (κ3) is 6.91. The van der Waals surface area contributed by atoms with E-state index < -0.39 is 0 Å². The molecule has 0 atom stereocenters. The number of rotatable bonds is 11. The quantitative estimate of drug-likeness (QED) is 0.467. The number of aromatic nitrogens is 1. The number of benzene rings is 1. The van der Waals surface area contributed by atoms with Crippen molar-refractivity contribution in [2.24, 2.45) is 0 Å². The summed E-state index contributed by atoms with van der Waals surface area (Å²) >= 11 is 0. The summed E-state index contributed by atoms with van der Waals surface area (Å²) in [5.74, 6) is 0.496. The van der Waals surface area contributed by atoms with Crippen LogP contribution in [0.15, 0.2) is 53.5 Å². The molecule has 0 aliphatic heterocycles. The average Bonchev–Trinajstić information content (AvgIpc) is 2.74. The number of carbonyl (C=O) groups is 1. The number of nitrogens with one attached hydrogen (secondary N) is 1. The third-order valence-corrected chi connectivity index (χ3v) is 4.64. The maximum absolute atomic E-state index is 12.9. The number of nitrogens with zero attached hydrogens (tertiary/aromatic N) is 2. The predicted octanol–water partition coefficient (Wildman–Crippen LogP) is 3.09. The number of carbonyl (C=O) groups excluding carboxylic acids is 1. The molecular weight excluding hydrogens is 366 g/mol. The Balaban J connectivity index is 2.18. The Morgan fingerprint density at radius 3 is 2.45 bits per heavy atom. The molecule has 0 aliphatic carbocycles. The van der Waals surface area contributed by atoms with Crippen LogP contribution in [0.25, 0.3) is 11.8 Å². The van der Waals surface area contributed by atoms with Gasteiger partial charge >= 0.3 is 0 Å². The first-order valence-electron chi connectivity index (χ1n) is 10.2. The van der Waals surface area contributed by atoms with Crippen molar-refractivity contribution in [3.63, 3.8) is 0 Å². The second kappa shape index (κ2) is 11.9. The van der Waals surface area contributed by atoms with E-state index >= 15 is 0 Å². The Kier molecular flexibility index (Phi) is 9.18. The van der Waals surface area contributed by atoms with Gasteiger partial charge in [0.1, 0.15) is 11.4 Å². The number of pyridine rings is 1. The van der Waals surface area contributed by atoms with Gasteiger partial charge in [0.15, 0.2) is 0 Å². The van der Waals surface area contributed by atoms with Crippen molar-refractivity contribution in [3.8, 4) is 5.75 Å². The second-order valence-electron chi connectivity index (χ2n) is 6.58. The lowest BCUT2D eigenvalue weighted by Gasteiger charge is -2.18. The van der Waals surface area contributed by atoms with Gasteiger partial charge in [-0.1, -0.05) is 32.0 Å². The first-order valence-corrected chi connectivity index (χ1v) is 10.2. The van der Waals surface area contributed by atoms with Crippen LogP contribution < -0.4 is 15.6 Å². The van der Waals surface area contributed by atoms with Crippen molar-refractivity contribution in [1.82, 2.24) is 14.8 Å². The van der Waals surface area contributed by atoms with Gasteiger partial charge in [-0.25, -0.2) is 0 Å². The Morgan fingerprint density at radius 2 is 1.83 bits per heavy atom. The topological polar surface area (TPSA) is 63.6 Å². The highest BCUT2D eigenvalue weighted by atomic mass is 16.5. The van der Waals surface area contributed by atoms with Crippen LogP contribution in [-0.4, -0.2) is 48.2 Å². The van der Waals surface area contributed by atoms with E-state index in [0.29, 0.717) is 18.8 Å². The molecule has 1 amide bonds. The molecule has 0 aliphatic rings. The molecule has 0 saturated heterocycles. The van der Waals surface area contributed by atoms with Gasteiger partial charge in [-0.15, -0.1) is 0 Å². The Labute approximate surface area is 172 Å². The van der Waals surface area contributed by atoms with Crippen LogP contribution in [0.1, 0.15) is 32.8 Å². The van der Waals surface area contributed by atoms with Crippen LogP contribution in [0.5, 0.6) is 5.75 Å². The van der Waals surface area contributed by atoms with E-state index in [9.17, 15) is 9.59 Å². The van der Waals surface area contributed by atoms with Gasteiger partial charge in [-0.3, -0.25) is 14.2 Å². The zero-order valence-corrected chi connectivity index (χ0v) is 17.6. The molecule has 0 unspecified atom stereocenters. The molecular formula is C23H31N3O3. The van der Waals surface area contributed by atoms with Gasteiger partial charge in [-0.05, 0) is 62.8 Å². The first-order chi connectivity index (χ1) is 14.1. The van der Waals surface area contributed by atoms with Crippen LogP contribution in [0.2, 0.25) is 0 Å². The monoisotopic (exact) mass is 397 g/mol. The summed E-state index contributed by atoms with van der Waals surface area (Å²) in [7, 11) is 0. The largest absolute Gasteiger partial charge is 0.494 e. The highest BCUT2D eigenvalue weighted by Gasteiger charge is 2.13. The van der Waals surface area contributed by atoms with Crippen LogP contribution in [0.4, 0.5) is 0 Å². The maximum Gasteiger partial charge on any atom is 0.268 e. The summed E-state index contributed by atoms with van der Waals surface area (Å²) in [5, 5.41) is 2.95. The number of hydrogen-bond acceptors (Lipinski definition) is 4. The molecule has 0 bridgehead atoms. The van der Waals surface area contributed by atoms with Crippen molar-refractivity contribution < 1.29 is 9.53 Å². The molecule has 6 heteroatoms. The molecule has 1 aromatic carbocycles. The van der Waals surface area contributed by atoms with Crippen molar-refractivity contribution >= 4 is 17.7 Å². The minimum absolute atomic E-state index is 0.247. The van der Waals surface area contributed by atoms with Crippen LogP contribution in [0.3, 0.4) is 0 Å². The van der Waals surface area contributed by atoms with E-state index in [0.717, 1.165) is 37.4 Å². The summed E-state index contributed by atoms with van der Waals surface area (Å²) < 4.78 is 6.83. The summed E-state index contributed by atoms with van der Waals surface area (Å²) in [6.45, 7) is 10.2. The van der Waals surface area contributed by atoms with E-state index in [1.807, 2.05) is 31.2 Å². The van der Waals surface area contributed by atoms with Crippen LogP contribution in [-0.2, 0) is 4.79 Å². The number of hydrogen-bond donors (Lipinski definition) is 1. The fourth-order valence-electron chi connectivity index (χ4n) is 2.99. The smallest absolute Gasteiger partial charge is 0.268 e. The average molecular weight is 398 g/mol. The minimum Gasteiger partial charge on any atom is -0.494 e. The Hall–Kier alpha value is -2.86. The standard InChI is InChI=1S/C23H31N3O3/c1-4-25(5-2)16-9-15-24-23(28)21(26-17-8-7-10-22(26)27)18-19-11-13-20(14-12-19)29-6-3/h7-8,10-14,17-18H,4-6,9,15-16H2,1-3H3,(H,24,28)/b21-18+. The fourth-order valence-corrected chi connectivity index (χ4v) is 2.99. The normalized spacial score (nSPS) is 11.5. The molecule has 0 saturated carbocycles. The molecule has 0 spiro atoms. The zero-order chi connectivity index (χ0) is 21.1. The van der Waals surface area contributed by atoms with Gasteiger partial charge in [0.05, 0.1) is 6.61 Å². The van der Waals surface area contributed by atoms with Gasteiger partial charge in [0.2, 0.25) is 0 Å². The molecule has 1 N–H and O–H groups in total. The lowest BCUT2D eigenvalue weighted by Crippen LogP contribution is -2.33. The van der Waals surface area contributed by atoms with E-state index in [-0.39, 0.29) is 11.5 Å². The molecule has 2 aromatic rings. The van der Waals surface area contributed by atoms with Gasteiger partial charge in [-0.2, -0.15) is 0 Å². The number of ether oxygens (including phenoxy) is 1. The van der Waals surface area contributed by atoms with Crippen LogP contribution in [0, 0.1) is 0 Å². The Morgan fingerprint density at radius 1 is 1.10 bits per heavy atom. The lowest BCUT2D eigenvalue weighted by molar-refractivity contribution is -0.115. The van der Waals surface area contributed by atoms with E-state index in [1.54, 1.807) is 24.4 Å². The first kappa shape index (κ1) is 22.4. The SMILES string of the molecule is CCOc1ccc(/C=C(\C(=O)NCCCN(CC)CC)n2ccccc2=O)cc1. The highest BCUT2D eigenvalue weighted by molar-refractivity contribution is 6.18. The lowest BCUT2D eigenvalue weighted by atomic mass is 10.1. The van der Waals surface area contributed by atoms with Crippen molar-refractivity contribution in [2.45, 2.75) is 27.2 Å². The molecule has 0 radical (unpaired) electrons. The van der Waals surface area contributed by atoms with Gasteiger partial charge in [0.25, 0.3) is 11.5 Å². The predicted molar refractivity (Wildman–Crippen MR) is 118 cm³/mol. The van der Waals surface area contributed by atoms with E-state index in [1.165, 1.54) is 10.6 Å². The second-order valence-corrected chi connectivity index (χ2v) is 6.58. The summed E-state index contributed by atoms with van der Waals surface area (Å²) in [6, 6.07) is 12.3. The van der Waals surface area contributed by atoms with Gasteiger partial charge < -0.3 is 15.0 Å². The van der Waals surface area contributed by atoms with Gasteiger partial charge in [0, 0.05) is 18.8 Å². The van der Waals surface area contributed by atoms with E-state index in [4.69, 9.17) is 4.74 Å². The fraction of sp³-hybridized carbons (Fsp3) is 0.391. The summed E-state index contributed by atoms with van der Waals surface area (Å²) in [5.41, 5.74) is 0.864. The molecule has 1 aromatic heterocycles. The molecule has 29 heavy (non-hydrogen) atoms. The summed E-state index contributed by atoms with van der Waals surface area (Å²) in [4.78, 5) is 27.5. The molecule has 6 nitrogen and oxygen atoms in total. The Bertz CT molecular complexity index is 852.